The van der Waals surface area contributed by atoms with E-state index in [0.717, 1.165) is 10.1 Å². The van der Waals surface area contributed by atoms with E-state index >= 15 is 0 Å². The second kappa shape index (κ2) is 6.58. The van der Waals surface area contributed by atoms with Crippen LogP contribution >= 0.6 is 11.3 Å². The van der Waals surface area contributed by atoms with Gasteiger partial charge in [0, 0.05) is 10.4 Å². The minimum Gasteiger partial charge on any atom is -0.480 e. The highest BCUT2D eigenvalue weighted by Crippen LogP contribution is 2.23. The van der Waals surface area contributed by atoms with Crippen molar-refractivity contribution in [3.05, 3.63) is 29.6 Å². The minimum atomic E-state index is -1.02. The van der Waals surface area contributed by atoms with Crippen LogP contribution in [0.25, 0.3) is 10.1 Å². The third-order valence-electron chi connectivity index (χ3n) is 3.48. The van der Waals surface area contributed by atoms with Gasteiger partial charge in [-0.05, 0) is 40.9 Å². The van der Waals surface area contributed by atoms with E-state index in [9.17, 15) is 9.59 Å². The van der Waals surface area contributed by atoms with Gasteiger partial charge in [0.1, 0.15) is 6.04 Å². The summed E-state index contributed by atoms with van der Waals surface area (Å²) in [7, 11) is 0. The van der Waals surface area contributed by atoms with Gasteiger partial charge in [-0.25, -0.2) is 9.59 Å². The highest BCUT2D eigenvalue weighted by Gasteiger charge is 2.25. The van der Waals surface area contributed by atoms with Crippen LogP contribution in [0.5, 0.6) is 0 Å². The molecule has 2 aromatic rings. The maximum Gasteiger partial charge on any atom is 0.326 e. The van der Waals surface area contributed by atoms with Crippen molar-refractivity contribution in [1.82, 2.24) is 5.32 Å². The number of thiophene rings is 1. The molecule has 5 nitrogen and oxygen atoms in total. The van der Waals surface area contributed by atoms with Gasteiger partial charge >= 0.3 is 12.0 Å². The van der Waals surface area contributed by atoms with E-state index in [2.05, 4.69) is 10.6 Å². The molecular weight excluding hydrogens is 288 g/mol. The van der Waals surface area contributed by atoms with Gasteiger partial charge in [-0.15, -0.1) is 11.3 Å². The normalized spacial score (nSPS) is 13.6. The minimum absolute atomic E-state index is 0.132. The zero-order valence-corrected chi connectivity index (χ0v) is 12.7. The molecule has 2 atom stereocenters. The summed E-state index contributed by atoms with van der Waals surface area (Å²) in [6.07, 6.45) is 0.679. The first-order valence-corrected chi connectivity index (χ1v) is 7.66. The molecule has 1 aromatic heterocycles. The Morgan fingerprint density at radius 1 is 1.33 bits per heavy atom. The number of hydrogen-bond donors (Lipinski definition) is 3. The first-order chi connectivity index (χ1) is 10.0. The monoisotopic (exact) mass is 306 g/mol. The van der Waals surface area contributed by atoms with Gasteiger partial charge in [0.05, 0.1) is 0 Å². The summed E-state index contributed by atoms with van der Waals surface area (Å²) in [4.78, 5) is 23.1. The molecule has 0 radical (unpaired) electrons. The van der Waals surface area contributed by atoms with Crippen molar-refractivity contribution in [3.63, 3.8) is 0 Å². The van der Waals surface area contributed by atoms with E-state index in [1.807, 2.05) is 30.5 Å². The van der Waals surface area contributed by atoms with Crippen molar-refractivity contribution in [3.8, 4) is 0 Å². The number of urea groups is 1. The van der Waals surface area contributed by atoms with Gasteiger partial charge < -0.3 is 15.7 Å². The maximum atomic E-state index is 11.9. The molecule has 112 valence electrons. The number of aliphatic carboxylic acids is 1. The van der Waals surface area contributed by atoms with Crippen LogP contribution in [0.15, 0.2) is 29.6 Å². The van der Waals surface area contributed by atoms with E-state index < -0.39 is 18.0 Å². The second-order valence-corrected chi connectivity index (χ2v) is 5.92. The first-order valence-electron chi connectivity index (χ1n) is 6.79. The largest absolute Gasteiger partial charge is 0.480 e. The summed E-state index contributed by atoms with van der Waals surface area (Å²) in [5, 5.41) is 17.4. The standard InChI is InChI=1S/C15H18N2O3S/c1-3-9(2)13(14(18)19)17-15(20)16-11-4-5-12-10(8-11)6-7-21-12/h4-9,13H,3H2,1-2H3,(H,18,19)(H2,16,17,20)/t9?,13-/m0/s1. The Bertz CT molecular complexity index is 653. The molecule has 2 amide bonds. The number of carboxylic acid groups (broad SMARTS) is 1. The molecule has 1 heterocycles. The van der Waals surface area contributed by atoms with Crippen LogP contribution in [0, 0.1) is 5.92 Å². The molecule has 0 spiro atoms. The summed E-state index contributed by atoms with van der Waals surface area (Å²) in [5.74, 6) is -1.15. The number of benzene rings is 1. The zero-order chi connectivity index (χ0) is 15.4. The van der Waals surface area contributed by atoms with Gasteiger partial charge in [-0.2, -0.15) is 0 Å². The molecule has 0 fully saturated rings. The zero-order valence-electron chi connectivity index (χ0n) is 11.9. The molecule has 1 unspecified atom stereocenters. The molecule has 0 aliphatic heterocycles. The Balaban J connectivity index is 2.04. The molecule has 0 saturated carbocycles. The number of rotatable bonds is 5. The van der Waals surface area contributed by atoms with Crippen LogP contribution in [0.1, 0.15) is 20.3 Å². The van der Waals surface area contributed by atoms with Crippen LogP contribution < -0.4 is 10.6 Å². The fourth-order valence-corrected chi connectivity index (χ4v) is 2.81. The quantitative estimate of drug-likeness (QED) is 0.791. The molecular formula is C15H18N2O3S. The van der Waals surface area contributed by atoms with E-state index in [1.54, 1.807) is 24.3 Å². The summed E-state index contributed by atoms with van der Waals surface area (Å²) in [6.45, 7) is 3.70. The summed E-state index contributed by atoms with van der Waals surface area (Å²) in [5.41, 5.74) is 0.645. The molecule has 1 aromatic carbocycles. The number of carbonyl (C=O) groups excluding carboxylic acids is 1. The molecule has 2 rings (SSSR count). The highest BCUT2D eigenvalue weighted by atomic mass is 32.1. The summed E-state index contributed by atoms with van der Waals surface area (Å²) in [6, 6.07) is 6.18. The van der Waals surface area contributed by atoms with E-state index in [-0.39, 0.29) is 5.92 Å². The van der Waals surface area contributed by atoms with Crippen LogP contribution in [0.4, 0.5) is 10.5 Å². The molecule has 3 N–H and O–H groups in total. The second-order valence-electron chi connectivity index (χ2n) is 4.97. The lowest BCUT2D eigenvalue weighted by molar-refractivity contribution is -0.140. The van der Waals surface area contributed by atoms with Crippen LogP contribution in [0.2, 0.25) is 0 Å². The van der Waals surface area contributed by atoms with Crippen molar-refractivity contribution < 1.29 is 14.7 Å². The number of anilines is 1. The molecule has 6 heteroatoms. The van der Waals surface area contributed by atoms with Gasteiger partial charge in [0.25, 0.3) is 0 Å². The average Bonchev–Trinajstić information content (AvgIpc) is 2.91. The van der Waals surface area contributed by atoms with Crippen LogP contribution in [0.3, 0.4) is 0 Å². The Kier molecular flexibility index (Phi) is 4.80. The highest BCUT2D eigenvalue weighted by molar-refractivity contribution is 7.17. The molecule has 0 aliphatic carbocycles. The van der Waals surface area contributed by atoms with Gasteiger partial charge in [-0.1, -0.05) is 20.3 Å². The lowest BCUT2D eigenvalue weighted by Gasteiger charge is -2.20. The number of carboxylic acids is 1. The lowest BCUT2D eigenvalue weighted by atomic mass is 9.99. The molecule has 0 saturated heterocycles. The fraction of sp³-hybridized carbons (Fsp3) is 0.333. The number of carbonyl (C=O) groups is 2. The summed E-state index contributed by atoms with van der Waals surface area (Å²) < 4.78 is 1.14. The number of fused-ring (bicyclic) bond motifs is 1. The SMILES string of the molecule is CCC(C)[C@H](NC(=O)Nc1ccc2sccc2c1)C(=O)O. The van der Waals surface area contributed by atoms with Gasteiger partial charge in [0.15, 0.2) is 0 Å². The van der Waals surface area contributed by atoms with Crippen molar-refractivity contribution in [2.24, 2.45) is 5.92 Å². The third kappa shape index (κ3) is 3.72. The number of nitrogens with one attached hydrogen (secondary N) is 2. The predicted octanol–water partition coefficient (Wildman–Crippen LogP) is 3.52. The van der Waals surface area contributed by atoms with Crippen LogP contribution in [-0.4, -0.2) is 23.1 Å². The Labute approximate surface area is 127 Å². The van der Waals surface area contributed by atoms with Crippen LogP contribution in [-0.2, 0) is 4.79 Å². The van der Waals surface area contributed by atoms with Crippen molar-refractivity contribution >= 4 is 39.1 Å². The number of hydrogen-bond acceptors (Lipinski definition) is 3. The van der Waals surface area contributed by atoms with Gasteiger partial charge in [0.2, 0.25) is 0 Å². The molecule has 0 aliphatic rings. The predicted molar refractivity (Wildman–Crippen MR) is 84.9 cm³/mol. The third-order valence-corrected chi connectivity index (χ3v) is 4.37. The summed E-state index contributed by atoms with van der Waals surface area (Å²) >= 11 is 1.63. The topological polar surface area (TPSA) is 78.4 Å². The maximum absolute atomic E-state index is 11.9. The van der Waals surface area contributed by atoms with Crippen molar-refractivity contribution in [2.75, 3.05) is 5.32 Å². The fourth-order valence-electron chi connectivity index (χ4n) is 2.04. The number of amides is 2. The first kappa shape index (κ1) is 15.3. The van der Waals surface area contributed by atoms with Gasteiger partial charge in [-0.3, -0.25) is 0 Å². The Hall–Kier alpha value is -2.08. The Morgan fingerprint density at radius 2 is 2.10 bits per heavy atom. The van der Waals surface area contributed by atoms with E-state index in [4.69, 9.17) is 5.11 Å². The van der Waals surface area contributed by atoms with E-state index in [1.165, 1.54) is 0 Å². The van der Waals surface area contributed by atoms with Crippen molar-refractivity contribution in [1.29, 1.82) is 0 Å². The molecule has 21 heavy (non-hydrogen) atoms. The smallest absolute Gasteiger partial charge is 0.326 e. The lowest BCUT2D eigenvalue weighted by Crippen LogP contribution is -2.46. The average molecular weight is 306 g/mol. The Morgan fingerprint density at radius 3 is 2.76 bits per heavy atom. The molecule has 0 bridgehead atoms. The van der Waals surface area contributed by atoms with Crippen molar-refractivity contribution in [2.45, 2.75) is 26.3 Å². The van der Waals surface area contributed by atoms with E-state index in [0.29, 0.717) is 12.1 Å².